The first-order valence-corrected chi connectivity index (χ1v) is 7.99. The fourth-order valence-corrected chi connectivity index (χ4v) is 3.77. The molecule has 22 heavy (non-hydrogen) atoms. The summed E-state index contributed by atoms with van der Waals surface area (Å²) in [6, 6.07) is 7.00. The topological polar surface area (TPSA) is 25.5 Å². The van der Waals surface area contributed by atoms with Gasteiger partial charge in [0.25, 0.3) is 0 Å². The van der Waals surface area contributed by atoms with Gasteiger partial charge in [0.05, 0.1) is 17.2 Å². The number of aromatic nitrogens is 3. The average Bonchev–Trinajstić information content (AvgIpc) is 3.07. The molecule has 0 unspecified atom stereocenters. The van der Waals surface area contributed by atoms with Gasteiger partial charge < -0.3 is 9.47 Å². The number of imidazole rings is 1. The zero-order valence-electron chi connectivity index (χ0n) is 13.1. The maximum Gasteiger partial charge on any atom is 0.137 e. The Morgan fingerprint density at radius 2 is 1.95 bits per heavy atom. The van der Waals surface area contributed by atoms with Crippen LogP contribution < -0.4 is 0 Å². The Kier molecular flexibility index (Phi) is 3.01. The Bertz CT molecular complexity index is 824. The van der Waals surface area contributed by atoms with Gasteiger partial charge in [0, 0.05) is 24.7 Å². The standard InChI is InChI=1S/C17H21FN4/c1-3-20-10-7-17(2,8-11-20)21-15-12-13(18)4-5-14(15)22-16(21)6-9-19-22/h4-6,9,12H,3,7-8,10-11H2,1-2H3. The number of hydrogen-bond acceptors (Lipinski definition) is 2. The van der Waals surface area contributed by atoms with E-state index >= 15 is 0 Å². The van der Waals surface area contributed by atoms with E-state index in [1.54, 1.807) is 6.07 Å². The number of likely N-dealkylation sites (tertiary alicyclic amines) is 1. The highest BCUT2D eigenvalue weighted by Crippen LogP contribution is 2.36. The summed E-state index contributed by atoms with van der Waals surface area (Å²) in [4.78, 5) is 2.47. The largest absolute Gasteiger partial charge is 0.318 e. The molecule has 1 fully saturated rings. The lowest BCUT2D eigenvalue weighted by Crippen LogP contribution is -2.44. The summed E-state index contributed by atoms with van der Waals surface area (Å²) in [5.74, 6) is -0.191. The molecule has 1 saturated heterocycles. The summed E-state index contributed by atoms with van der Waals surface area (Å²) in [5.41, 5.74) is 2.96. The van der Waals surface area contributed by atoms with Crippen molar-refractivity contribution in [3.8, 4) is 0 Å². The lowest BCUT2D eigenvalue weighted by Gasteiger charge is -2.40. The molecular formula is C17H21FN4. The number of nitrogens with zero attached hydrogens (tertiary/aromatic N) is 4. The van der Waals surface area contributed by atoms with Crippen molar-refractivity contribution in [1.29, 1.82) is 0 Å². The van der Waals surface area contributed by atoms with Gasteiger partial charge in [-0.05, 0) is 44.5 Å². The van der Waals surface area contributed by atoms with E-state index in [2.05, 4.69) is 28.4 Å². The molecule has 116 valence electrons. The summed E-state index contributed by atoms with van der Waals surface area (Å²) >= 11 is 0. The van der Waals surface area contributed by atoms with Crippen molar-refractivity contribution in [2.24, 2.45) is 0 Å². The van der Waals surface area contributed by atoms with Crippen LogP contribution in [0.3, 0.4) is 0 Å². The number of piperidine rings is 1. The molecular weight excluding hydrogens is 279 g/mol. The smallest absolute Gasteiger partial charge is 0.137 e. The van der Waals surface area contributed by atoms with E-state index in [4.69, 9.17) is 0 Å². The van der Waals surface area contributed by atoms with E-state index < -0.39 is 0 Å². The molecule has 0 radical (unpaired) electrons. The second-order valence-electron chi connectivity index (χ2n) is 6.50. The van der Waals surface area contributed by atoms with Crippen molar-refractivity contribution in [1.82, 2.24) is 19.1 Å². The van der Waals surface area contributed by atoms with E-state index in [1.807, 2.05) is 22.8 Å². The number of benzene rings is 1. The van der Waals surface area contributed by atoms with Gasteiger partial charge >= 0.3 is 0 Å². The van der Waals surface area contributed by atoms with Gasteiger partial charge in [-0.3, -0.25) is 0 Å². The highest BCUT2D eigenvalue weighted by molar-refractivity contribution is 5.82. The molecule has 1 aliphatic heterocycles. The van der Waals surface area contributed by atoms with E-state index in [0.717, 1.165) is 49.2 Å². The molecule has 0 saturated carbocycles. The van der Waals surface area contributed by atoms with Crippen molar-refractivity contribution < 1.29 is 4.39 Å². The normalized spacial score (nSPS) is 19.2. The van der Waals surface area contributed by atoms with Crippen molar-refractivity contribution in [3.05, 3.63) is 36.3 Å². The van der Waals surface area contributed by atoms with E-state index in [1.165, 1.54) is 6.07 Å². The molecule has 5 heteroatoms. The molecule has 3 aromatic rings. The van der Waals surface area contributed by atoms with Crippen LogP contribution in [0.4, 0.5) is 4.39 Å². The number of fused-ring (bicyclic) bond motifs is 3. The van der Waals surface area contributed by atoms with E-state index in [0.29, 0.717) is 0 Å². The van der Waals surface area contributed by atoms with Crippen LogP contribution >= 0.6 is 0 Å². The van der Waals surface area contributed by atoms with Crippen LogP contribution in [-0.4, -0.2) is 38.7 Å². The van der Waals surface area contributed by atoms with Crippen LogP contribution in [0, 0.1) is 5.82 Å². The molecule has 4 nitrogen and oxygen atoms in total. The molecule has 1 aromatic carbocycles. The third-order valence-corrected chi connectivity index (χ3v) is 5.18. The Labute approximate surface area is 129 Å². The monoisotopic (exact) mass is 300 g/mol. The zero-order chi connectivity index (χ0) is 15.3. The summed E-state index contributed by atoms with van der Waals surface area (Å²) in [5, 5.41) is 4.42. The maximum atomic E-state index is 13.8. The van der Waals surface area contributed by atoms with E-state index in [-0.39, 0.29) is 11.4 Å². The first kappa shape index (κ1) is 13.8. The SMILES string of the molecule is CCN1CCC(C)(n2c3cc(F)ccc3n3nccc23)CC1. The van der Waals surface area contributed by atoms with Crippen LogP contribution in [0.2, 0.25) is 0 Å². The molecule has 0 N–H and O–H groups in total. The molecule has 0 spiro atoms. The van der Waals surface area contributed by atoms with Gasteiger partial charge in [-0.1, -0.05) is 6.92 Å². The fraction of sp³-hybridized carbons (Fsp3) is 0.471. The number of halogens is 1. The summed E-state index contributed by atoms with van der Waals surface area (Å²) < 4.78 is 18.0. The van der Waals surface area contributed by atoms with Crippen molar-refractivity contribution in [3.63, 3.8) is 0 Å². The van der Waals surface area contributed by atoms with Crippen LogP contribution in [0.25, 0.3) is 16.7 Å². The molecule has 2 aromatic heterocycles. The minimum atomic E-state index is -0.191. The average molecular weight is 300 g/mol. The molecule has 0 bridgehead atoms. The van der Waals surface area contributed by atoms with Crippen molar-refractivity contribution in [2.45, 2.75) is 32.2 Å². The summed E-state index contributed by atoms with van der Waals surface area (Å²) in [7, 11) is 0. The van der Waals surface area contributed by atoms with Gasteiger partial charge in [0.2, 0.25) is 0 Å². The van der Waals surface area contributed by atoms with Gasteiger partial charge in [0.15, 0.2) is 0 Å². The third-order valence-electron chi connectivity index (χ3n) is 5.18. The van der Waals surface area contributed by atoms with Gasteiger partial charge in [-0.2, -0.15) is 5.10 Å². The highest BCUT2D eigenvalue weighted by atomic mass is 19.1. The minimum Gasteiger partial charge on any atom is -0.318 e. The molecule has 0 amide bonds. The lowest BCUT2D eigenvalue weighted by atomic mass is 9.89. The molecule has 0 aliphatic carbocycles. The summed E-state index contributed by atoms with van der Waals surface area (Å²) in [6.07, 6.45) is 3.96. The quantitative estimate of drug-likeness (QED) is 0.726. The molecule has 3 heterocycles. The number of rotatable bonds is 2. The lowest BCUT2D eigenvalue weighted by molar-refractivity contribution is 0.134. The van der Waals surface area contributed by atoms with Crippen LogP contribution in [-0.2, 0) is 5.54 Å². The van der Waals surface area contributed by atoms with Crippen LogP contribution in [0.1, 0.15) is 26.7 Å². The second kappa shape index (κ2) is 4.81. The van der Waals surface area contributed by atoms with Crippen molar-refractivity contribution >= 4 is 16.7 Å². The highest BCUT2D eigenvalue weighted by Gasteiger charge is 2.34. The first-order valence-electron chi connectivity index (χ1n) is 7.99. The number of hydrogen-bond donors (Lipinski definition) is 0. The van der Waals surface area contributed by atoms with Crippen LogP contribution in [0.15, 0.2) is 30.5 Å². The molecule has 0 atom stereocenters. The molecule has 4 rings (SSSR count). The second-order valence-corrected chi connectivity index (χ2v) is 6.50. The summed E-state index contributed by atoms with van der Waals surface area (Å²) in [6.45, 7) is 7.76. The predicted molar refractivity (Wildman–Crippen MR) is 85.6 cm³/mol. The van der Waals surface area contributed by atoms with Gasteiger partial charge in [-0.25, -0.2) is 8.91 Å². The Hall–Kier alpha value is -1.88. The predicted octanol–water partition coefficient (Wildman–Crippen LogP) is 3.26. The van der Waals surface area contributed by atoms with Crippen LogP contribution in [0.5, 0.6) is 0 Å². The Morgan fingerprint density at radius 3 is 2.68 bits per heavy atom. The minimum absolute atomic E-state index is 0.00248. The molecule has 1 aliphatic rings. The van der Waals surface area contributed by atoms with E-state index in [9.17, 15) is 4.39 Å². The van der Waals surface area contributed by atoms with Gasteiger partial charge in [0.1, 0.15) is 11.5 Å². The Balaban J connectivity index is 1.92. The van der Waals surface area contributed by atoms with Crippen molar-refractivity contribution in [2.75, 3.05) is 19.6 Å². The third kappa shape index (κ3) is 1.88. The Morgan fingerprint density at radius 1 is 1.18 bits per heavy atom. The fourth-order valence-electron chi connectivity index (χ4n) is 3.77. The van der Waals surface area contributed by atoms with Gasteiger partial charge in [-0.15, -0.1) is 0 Å². The maximum absolute atomic E-state index is 13.8. The zero-order valence-corrected chi connectivity index (χ0v) is 13.1. The first-order chi connectivity index (χ1) is 10.6.